The third-order valence-corrected chi connectivity index (χ3v) is 3.10. The number of carbonyl (C=O) groups excluding carboxylic acids is 1. The Morgan fingerprint density at radius 2 is 2.06 bits per heavy atom. The summed E-state index contributed by atoms with van der Waals surface area (Å²) in [7, 11) is 1.62. The summed E-state index contributed by atoms with van der Waals surface area (Å²) in [5.41, 5.74) is 0.722. The Labute approximate surface area is 114 Å². The molecule has 4 nitrogen and oxygen atoms in total. The number of benzene rings is 1. The number of hydrogen-bond donors (Lipinski definition) is 1. The predicted molar refractivity (Wildman–Crippen MR) is 73.6 cm³/mol. The molecule has 100 valence electrons. The van der Waals surface area contributed by atoms with E-state index in [0.29, 0.717) is 0 Å². The molecule has 0 aliphatic carbocycles. The quantitative estimate of drug-likeness (QED) is 0.887. The molecule has 1 aromatic rings. The van der Waals surface area contributed by atoms with E-state index in [2.05, 4.69) is 12.2 Å². The van der Waals surface area contributed by atoms with E-state index in [1.165, 1.54) is 0 Å². The van der Waals surface area contributed by atoms with Crippen molar-refractivity contribution in [2.75, 3.05) is 26.7 Å². The predicted octanol–water partition coefficient (Wildman–Crippen LogP) is 1.55. The first-order valence-corrected chi connectivity index (χ1v) is 5.88. The molecule has 1 aromatic carbocycles. The fourth-order valence-electron chi connectivity index (χ4n) is 2.04. The number of halogens is 1. The Morgan fingerprint density at radius 3 is 2.61 bits per heavy atom. The minimum atomic E-state index is 0. The number of methoxy groups -OCH3 is 1. The molecule has 0 saturated carbocycles. The lowest BCUT2D eigenvalue weighted by molar-refractivity contribution is 0.0656. The zero-order valence-corrected chi connectivity index (χ0v) is 11.5. The van der Waals surface area contributed by atoms with E-state index in [0.717, 1.165) is 30.9 Å². The van der Waals surface area contributed by atoms with E-state index in [1.54, 1.807) is 7.11 Å². The highest BCUT2D eigenvalue weighted by Crippen LogP contribution is 2.15. The van der Waals surface area contributed by atoms with Gasteiger partial charge < -0.3 is 15.0 Å². The number of rotatable bonds is 2. The Morgan fingerprint density at radius 1 is 1.39 bits per heavy atom. The summed E-state index contributed by atoms with van der Waals surface area (Å²) < 4.78 is 5.08. The van der Waals surface area contributed by atoms with Gasteiger partial charge in [-0.05, 0) is 31.2 Å². The zero-order valence-electron chi connectivity index (χ0n) is 10.7. The topological polar surface area (TPSA) is 41.6 Å². The van der Waals surface area contributed by atoms with Gasteiger partial charge in [0.05, 0.1) is 7.11 Å². The normalized spacial score (nSPS) is 19.0. The molecule has 1 fully saturated rings. The van der Waals surface area contributed by atoms with E-state index >= 15 is 0 Å². The highest BCUT2D eigenvalue weighted by molar-refractivity contribution is 5.94. The zero-order chi connectivity index (χ0) is 12.3. The van der Waals surface area contributed by atoms with Crippen molar-refractivity contribution in [3.63, 3.8) is 0 Å². The van der Waals surface area contributed by atoms with Crippen molar-refractivity contribution in [1.29, 1.82) is 0 Å². The van der Waals surface area contributed by atoms with Crippen molar-refractivity contribution in [2.45, 2.75) is 13.0 Å². The van der Waals surface area contributed by atoms with Crippen molar-refractivity contribution < 1.29 is 9.53 Å². The molecule has 5 heteroatoms. The third kappa shape index (κ3) is 3.15. The highest BCUT2D eigenvalue weighted by Gasteiger charge is 2.23. The van der Waals surface area contributed by atoms with Gasteiger partial charge in [0.15, 0.2) is 0 Å². The van der Waals surface area contributed by atoms with Gasteiger partial charge in [-0.3, -0.25) is 4.79 Å². The van der Waals surface area contributed by atoms with Crippen molar-refractivity contribution in [1.82, 2.24) is 10.2 Å². The second kappa shape index (κ2) is 6.61. The van der Waals surface area contributed by atoms with Crippen LogP contribution in [-0.2, 0) is 0 Å². The van der Waals surface area contributed by atoms with E-state index in [4.69, 9.17) is 4.74 Å². The average molecular weight is 271 g/mol. The summed E-state index contributed by atoms with van der Waals surface area (Å²) in [6.07, 6.45) is 0. The van der Waals surface area contributed by atoms with Crippen molar-refractivity contribution in [2.24, 2.45) is 0 Å². The van der Waals surface area contributed by atoms with Gasteiger partial charge in [0.1, 0.15) is 5.75 Å². The van der Waals surface area contributed by atoms with Crippen LogP contribution in [0.2, 0.25) is 0 Å². The summed E-state index contributed by atoms with van der Waals surface area (Å²) >= 11 is 0. The number of nitrogens with one attached hydrogen (secondary N) is 1. The number of piperazine rings is 1. The van der Waals surface area contributed by atoms with Crippen LogP contribution in [0.1, 0.15) is 17.3 Å². The number of ether oxygens (including phenoxy) is 1. The molecule has 0 bridgehead atoms. The van der Waals surface area contributed by atoms with Crippen LogP contribution in [0.4, 0.5) is 0 Å². The maximum atomic E-state index is 12.3. The highest BCUT2D eigenvalue weighted by atomic mass is 35.5. The first-order valence-electron chi connectivity index (χ1n) is 5.88. The molecular weight excluding hydrogens is 252 g/mol. The van der Waals surface area contributed by atoms with Gasteiger partial charge in [-0.1, -0.05) is 0 Å². The van der Waals surface area contributed by atoms with E-state index < -0.39 is 0 Å². The molecule has 1 amide bonds. The van der Waals surface area contributed by atoms with Crippen LogP contribution in [0.5, 0.6) is 5.75 Å². The minimum Gasteiger partial charge on any atom is -0.497 e. The second-order valence-corrected chi connectivity index (χ2v) is 4.28. The van der Waals surface area contributed by atoms with Crippen LogP contribution in [0.25, 0.3) is 0 Å². The standard InChI is InChI=1S/C13H18N2O2.ClH/c1-10-9-14-7-8-15(10)13(16)11-3-5-12(17-2)6-4-11;/h3-6,10,14H,7-9H2,1-2H3;1H/t10-;/m0./s1. The maximum Gasteiger partial charge on any atom is 0.254 e. The fraction of sp³-hybridized carbons (Fsp3) is 0.462. The molecule has 1 aliphatic heterocycles. The Hall–Kier alpha value is -1.26. The Bertz CT molecular complexity index is 394. The number of carbonyl (C=O) groups is 1. The molecule has 1 N–H and O–H groups in total. The SMILES string of the molecule is COc1ccc(C(=O)N2CCNC[C@@H]2C)cc1.Cl. The number of amides is 1. The molecule has 1 heterocycles. The number of hydrogen-bond acceptors (Lipinski definition) is 3. The average Bonchev–Trinajstić information content (AvgIpc) is 2.39. The van der Waals surface area contributed by atoms with Gasteiger partial charge in [-0.15, -0.1) is 12.4 Å². The lowest BCUT2D eigenvalue weighted by atomic mass is 10.1. The van der Waals surface area contributed by atoms with E-state index in [-0.39, 0.29) is 24.4 Å². The van der Waals surface area contributed by atoms with Crippen LogP contribution in [0.3, 0.4) is 0 Å². The molecule has 0 spiro atoms. The first kappa shape index (κ1) is 14.8. The van der Waals surface area contributed by atoms with Crippen LogP contribution in [0, 0.1) is 0 Å². The van der Waals surface area contributed by atoms with E-state index in [9.17, 15) is 4.79 Å². The Balaban J connectivity index is 0.00000162. The second-order valence-electron chi connectivity index (χ2n) is 4.28. The van der Waals surface area contributed by atoms with E-state index in [1.807, 2.05) is 29.2 Å². The monoisotopic (exact) mass is 270 g/mol. The lowest BCUT2D eigenvalue weighted by Gasteiger charge is -2.34. The molecule has 0 radical (unpaired) electrons. The van der Waals surface area contributed by atoms with Gasteiger partial charge >= 0.3 is 0 Å². The van der Waals surface area contributed by atoms with Crippen LogP contribution < -0.4 is 10.1 Å². The molecule has 1 atom stereocenters. The molecule has 0 aromatic heterocycles. The summed E-state index contributed by atoms with van der Waals surface area (Å²) in [6.45, 7) is 4.56. The lowest BCUT2D eigenvalue weighted by Crippen LogP contribution is -2.52. The van der Waals surface area contributed by atoms with Crippen molar-refractivity contribution >= 4 is 18.3 Å². The van der Waals surface area contributed by atoms with Crippen molar-refractivity contribution in [3.05, 3.63) is 29.8 Å². The van der Waals surface area contributed by atoms with Gasteiger partial charge in [0.25, 0.3) is 5.91 Å². The number of nitrogens with zero attached hydrogens (tertiary/aromatic N) is 1. The van der Waals surface area contributed by atoms with Crippen LogP contribution in [0.15, 0.2) is 24.3 Å². The molecule has 1 saturated heterocycles. The first-order chi connectivity index (χ1) is 8.22. The fourth-order valence-corrected chi connectivity index (χ4v) is 2.04. The largest absolute Gasteiger partial charge is 0.497 e. The molecule has 18 heavy (non-hydrogen) atoms. The van der Waals surface area contributed by atoms with Crippen molar-refractivity contribution in [3.8, 4) is 5.75 Å². The summed E-state index contributed by atoms with van der Waals surface area (Å²) in [5, 5.41) is 3.28. The van der Waals surface area contributed by atoms with Crippen LogP contribution in [-0.4, -0.2) is 43.6 Å². The maximum absolute atomic E-state index is 12.3. The molecular formula is C13H19ClN2O2. The van der Waals surface area contributed by atoms with Crippen LogP contribution >= 0.6 is 12.4 Å². The molecule has 1 aliphatic rings. The Kier molecular flexibility index (Phi) is 5.44. The third-order valence-electron chi connectivity index (χ3n) is 3.10. The van der Waals surface area contributed by atoms with Gasteiger partial charge in [0.2, 0.25) is 0 Å². The molecule has 2 rings (SSSR count). The van der Waals surface area contributed by atoms with Gasteiger partial charge in [0, 0.05) is 31.2 Å². The summed E-state index contributed by atoms with van der Waals surface area (Å²) in [4.78, 5) is 14.2. The smallest absolute Gasteiger partial charge is 0.254 e. The minimum absolute atomic E-state index is 0. The summed E-state index contributed by atoms with van der Waals surface area (Å²) in [5.74, 6) is 0.872. The van der Waals surface area contributed by atoms with Gasteiger partial charge in [-0.2, -0.15) is 0 Å². The summed E-state index contributed by atoms with van der Waals surface area (Å²) in [6, 6.07) is 7.52. The van der Waals surface area contributed by atoms with Gasteiger partial charge in [-0.25, -0.2) is 0 Å². The molecule has 0 unspecified atom stereocenters.